The van der Waals surface area contributed by atoms with Gasteiger partial charge in [-0.2, -0.15) is 0 Å². The summed E-state index contributed by atoms with van der Waals surface area (Å²) in [5, 5.41) is 12.4. The van der Waals surface area contributed by atoms with Gasteiger partial charge >= 0.3 is 0 Å². The van der Waals surface area contributed by atoms with Gasteiger partial charge in [-0.3, -0.25) is 0 Å². The summed E-state index contributed by atoms with van der Waals surface area (Å²) < 4.78 is 5.86. The van der Waals surface area contributed by atoms with Crippen LogP contribution >= 0.6 is 0 Å². The lowest BCUT2D eigenvalue weighted by Gasteiger charge is -2.15. The van der Waals surface area contributed by atoms with Crippen LogP contribution in [0.4, 0.5) is 0 Å². The summed E-state index contributed by atoms with van der Waals surface area (Å²) in [5.41, 5.74) is 2.06. The Balaban J connectivity index is 2.18. The minimum absolute atomic E-state index is 0.0227. The number of ether oxygens (including phenoxy) is 1. The van der Waals surface area contributed by atoms with E-state index in [0.29, 0.717) is 6.04 Å². The second-order valence-corrected chi connectivity index (χ2v) is 4.73. The third-order valence-corrected chi connectivity index (χ3v) is 3.33. The second kappa shape index (κ2) is 7.08. The maximum absolute atomic E-state index is 9.15. The SMILES string of the molecule is CCC(NC)c1cccc(Oc2cccc(CO)c2)c1. The summed E-state index contributed by atoms with van der Waals surface area (Å²) in [6, 6.07) is 15.9. The van der Waals surface area contributed by atoms with Gasteiger partial charge in [0, 0.05) is 6.04 Å². The fourth-order valence-corrected chi connectivity index (χ4v) is 2.24. The van der Waals surface area contributed by atoms with E-state index in [-0.39, 0.29) is 6.61 Å². The summed E-state index contributed by atoms with van der Waals surface area (Å²) >= 11 is 0. The van der Waals surface area contributed by atoms with Gasteiger partial charge in [-0.05, 0) is 48.9 Å². The van der Waals surface area contributed by atoms with Crippen molar-refractivity contribution in [3.63, 3.8) is 0 Å². The molecule has 0 heterocycles. The van der Waals surface area contributed by atoms with Crippen LogP contribution in [0.5, 0.6) is 11.5 Å². The molecule has 0 aliphatic heterocycles. The van der Waals surface area contributed by atoms with Gasteiger partial charge in [-0.25, -0.2) is 0 Å². The predicted molar refractivity (Wildman–Crippen MR) is 81.0 cm³/mol. The van der Waals surface area contributed by atoms with Gasteiger partial charge in [-0.1, -0.05) is 31.2 Å². The van der Waals surface area contributed by atoms with Crippen molar-refractivity contribution in [3.05, 3.63) is 59.7 Å². The maximum atomic E-state index is 9.15. The minimum Gasteiger partial charge on any atom is -0.457 e. The van der Waals surface area contributed by atoms with Crippen LogP contribution in [0.25, 0.3) is 0 Å². The van der Waals surface area contributed by atoms with Crippen molar-refractivity contribution in [2.75, 3.05) is 7.05 Å². The van der Waals surface area contributed by atoms with Gasteiger partial charge < -0.3 is 15.2 Å². The molecule has 2 aromatic carbocycles. The van der Waals surface area contributed by atoms with Crippen molar-refractivity contribution in [1.82, 2.24) is 5.32 Å². The average Bonchev–Trinajstić information content (AvgIpc) is 2.49. The fraction of sp³-hybridized carbons (Fsp3) is 0.294. The number of rotatable bonds is 6. The summed E-state index contributed by atoms with van der Waals surface area (Å²) in [4.78, 5) is 0. The molecule has 106 valence electrons. The molecule has 0 aromatic heterocycles. The van der Waals surface area contributed by atoms with Crippen LogP contribution in [-0.2, 0) is 6.61 Å². The molecule has 0 saturated heterocycles. The molecule has 2 aromatic rings. The standard InChI is InChI=1S/C17H21NO2/c1-3-17(18-2)14-7-5-9-16(11-14)20-15-8-4-6-13(10-15)12-19/h4-11,17-19H,3,12H2,1-2H3. The van der Waals surface area contributed by atoms with E-state index in [2.05, 4.69) is 24.4 Å². The van der Waals surface area contributed by atoms with E-state index in [4.69, 9.17) is 9.84 Å². The highest BCUT2D eigenvalue weighted by molar-refractivity contribution is 5.36. The summed E-state index contributed by atoms with van der Waals surface area (Å²) in [5.74, 6) is 1.55. The first-order chi connectivity index (χ1) is 9.76. The third-order valence-electron chi connectivity index (χ3n) is 3.33. The molecule has 2 rings (SSSR count). The lowest BCUT2D eigenvalue weighted by molar-refractivity contribution is 0.281. The van der Waals surface area contributed by atoms with Gasteiger partial charge in [0.25, 0.3) is 0 Å². The topological polar surface area (TPSA) is 41.5 Å². The number of hydrogen-bond donors (Lipinski definition) is 2. The molecule has 1 atom stereocenters. The summed E-state index contributed by atoms with van der Waals surface area (Å²) in [7, 11) is 1.96. The van der Waals surface area contributed by atoms with E-state index in [1.54, 1.807) is 0 Å². The molecule has 3 nitrogen and oxygen atoms in total. The average molecular weight is 271 g/mol. The summed E-state index contributed by atoms with van der Waals surface area (Å²) in [6.45, 7) is 2.17. The number of nitrogens with one attached hydrogen (secondary N) is 1. The largest absolute Gasteiger partial charge is 0.457 e. The molecular formula is C17H21NO2. The van der Waals surface area contributed by atoms with Crippen LogP contribution in [0.15, 0.2) is 48.5 Å². The Morgan fingerprint density at radius 2 is 1.80 bits per heavy atom. The monoisotopic (exact) mass is 271 g/mol. The number of benzene rings is 2. The lowest BCUT2D eigenvalue weighted by atomic mass is 10.0. The lowest BCUT2D eigenvalue weighted by Crippen LogP contribution is -2.14. The molecule has 0 amide bonds. The molecule has 0 aliphatic carbocycles. The Labute approximate surface area is 120 Å². The van der Waals surface area contributed by atoms with E-state index in [0.717, 1.165) is 23.5 Å². The van der Waals surface area contributed by atoms with Gasteiger partial charge in [0.1, 0.15) is 11.5 Å². The van der Waals surface area contributed by atoms with E-state index in [1.807, 2.05) is 43.4 Å². The Morgan fingerprint density at radius 1 is 1.10 bits per heavy atom. The maximum Gasteiger partial charge on any atom is 0.127 e. The van der Waals surface area contributed by atoms with Gasteiger partial charge in [0.2, 0.25) is 0 Å². The number of aliphatic hydroxyl groups excluding tert-OH is 1. The van der Waals surface area contributed by atoms with Crippen LogP contribution in [-0.4, -0.2) is 12.2 Å². The molecule has 0 saturated carbocycles. The Bertz CT molecular complexity index is 550. The predicted octanol–water partition coefficient (Wildman–Crippen LogP) is 3.64. The molecule has 0 spiro atoms. The number of hydrogen-bond acceptors (Lipinski definition) is 3. The summed E-state index contributed by atoms with van der Waals surface area (Å²) in [6.07, 6.45) is 1.03. The van der Waals surface area contributed by atoms with Gasteiger partial charge in [0.15, 0.2) is 0 Å². The molecule has 3 heteroatoms. The Kier molecular flexibility index (Phi) is 5.16. The minimum atomic E-state index is 0.0227. The van der Waals surface area contributed by atoms with Crippen LogP contribution < -0.4 is 10.1 Å². The van der Waals surface area contributed by atoms with Crippen molar-refractivity contribution in [2.24, 2.45) is 0 Å². The second-order valence-electron chi connectivity index (χ2n) is 4.73. The molecule has 20 heavy (non-hydrogen) atoms. The van der Waals surface area contributed by atoms with Crippen LogP contribution in [0.1, 0.15) is 30.5 Å². The zero-order valence-electron chi connectivity index (χ0n) is 12.0. The van der Waals surface area contributed by atoms with E-state index in [1.165, 1.54) is 5.56 Å². The van der Waals surface area contributed by atoms with Crippen molar-refractivity contribution < 1.29 is 9.84 Å². The molecule has 0 bridgehead atoms. The molecule has 1 unspecified atom stereocenters. The smallest absolute Gasteiger partial charge is 0.127 e. The Hall–Kier alpha value is -1.84. The van der Waals surface area contributed by atoms with E-state index >= 15 is 0 Å². The molecule has 0 radical (unpaired) electrons. The van der Waals surface area contributed by atoms with E-state index < -0.39 is 0 Å². The quantitative estimate of drug-likeness (QED) is 0.842. The first-order valence-electron chi connectivity index (χ1n) is 6.91. The third kappa shape index (κ3) is 3.59. The molecule has 0 fully saturated rings. The van der Waals surface area contributed by atoms with Crippen molar-refractivity contribution >= 4 is 0 Å². The van der Waals surface area contributed by atoms with Crippen LogP contribution in [0.3, 0.4) is 0 Å². The van der Waals surface area contributed by atoms with Gasteiger partial charge in [-0.15, -0.1) is 0 Å². The first kappa shape index (κ1) is 14.6. The highest BCUT2D eigenvalue weighted by Gasteiger charge is 2.07. The zero-order valence-corrected chi connectivity index (χ0v) is 12.0. The molecule has 0 aliphatic rings. The van der Waals surface area contributed by atoms with Crippen LogP contribution in [0, 0.1) is 0 Å². The van der Waals surface area contributed by atoms with Crippen molar-refractivity contribution in [1.29, 1.82) is 0 Å². The van der Waals surface area contributed by atoms with Crippen molar-refractivity contribution in [3.8, 4) is 11.5 Å². The van der Waals surface area contributed by atoms with E-state index in [9.17, 15) is 0 Å². The zero-order chi connectivity index (χ0) is 14.4. The fourth-order valence-electron chi connectivity index (χ4n) is 2.24. The highest BCUT2D eigenvalue weighted by atomic mass is 16.5. The van der Waals surface area contributed by atoms with Crippen molar-refractivity contribution in [2.45, 2.75) is 26.0 Å². The normalized spacial score (nSPS) is 12.2. The molecular weight excluding hydrogens is 250 g/mol. The molecule has 2 N–H and O–H groups in total. The first-order valence-corrected chi connectivity index (χ1v) is 6.91. The highest BCUT2D eigenvalue weighted by Crippen LogP contribution is 2.26. The van der Waals surface area contributed by atoms with Crippen LogP contribution in [0.2, 0.25) is 0 Å². The van der Waals surface area contributed by atoms with Gasteiger partial charge in [0.05, 0.1) is 6.61 Å². The number of aliphatic hydroxyl groups is 1. The Morgan fingerprint density at radius 3 is 2.45 bits per heavy atom.